The van der Waals surface area contributed by atoms with Gasteiger partial charge in [0, 0.05) is 11.9 Å². The Morgan fingerprint density at radius 3 is 2.57 bits per heavy atom. The van der Waals surface area contributed by atoms with Gasteiger partial charge in [0.05, 0.1) is 12.0 Å². The summed E-state index contributed by atoms with van der Waals surface area (Å²) in [4.78, 5) is 14.6. The summed E-state index contributed by atoms with van der Waals surface area (Å²) in [6.45, 7) is 3.30. The molecule has 0 aliphatic heterocycles. The van der Waals surface area contributed by atoms with Crippen LogP contribution in [-0.4, -0.2) is 21.2 Å². The Kier molecular flexibility index (Phi) is 3.19. The van der Waals surface area contributed by atoms with Gasteiger partial charge in [0.25, 0.3) is 0 Å². The van der Waals surface area contributed by atoms with Gasteiger partial charge in [-0.15, -0.1) is 0 Å². The van der Waals surface area contributed by atoms with Gasteiger partial charge in [-0.3, -0.25) is 9.78 Å². The smallest absolute Gasteiger partial charge is 0.309 e. The molecule has 0 fully saturated rings. The molecule has 1 heterocycles. The summed E-state index contributed by atoms with van der Waals surface area (Å²) in [5.74, 6) is -1.84. The Morgan fingerprint density at radius 1 is 1.50 bits per heavy atom. The zero-order chi connectivity index (χ0) is 10.7. The van der Waals surface area contributed by atoms with Crippen molar-refractivity contribution >= 4 is 5.97 Å². The van der Waals surface area contributed by atoms with Gasteiger partial charge in [-0.05, 0) is 25.5 Å². The summed E-state index contributed by atoms with van der Waals surface area (Å²) in [6.07, 6.45) is 0.500. The highest BCUT2D eigenvalue weighted by atomic mass is 16.4. The van der Waals surface area contributed by atoms with Crippen LogP contribution in [0.15, 0.2) is 18.3 Å². The number of hydrogen-bond acceptors (Lipinski definition) is 3. The first-order valence-electron chi connectivity index (χ1n) is 4.36. The van der Waals surface area contributed by atoms with Crippen LogP contribution in [0.5, 0.6) is 0 Å². The number of aliphatic carboxylic acids is 1. The molecule has 4 nitrogen and oxygen atoms in total. The molecule has 0 aliphatic carbocycles. The van der Waals surface area contributed by atoms with Gasteiger partial charge in [-0.1, -0.05) is 6.07 Å². The molecule has 0 aromatic carbocycles. The molecular weight excluding hydrogens is 182 g/mol. The average Bonchev–Trinajstić information content (AvgIpc) is 2.16. The Bertz CT molecular complexity index is 321. The predicted molar refractivity (Wildman–Crippen MR) is 50.7 cm³/mol. The van der Waals surface area contributed by atoms with Crippen LogP contribution < -0.4 is 0 Å². The number of carbonyl (C=O) groups is 1. The second-order valence-electron chi connectivity index (χ2n) is 3.30. The number of pyridine rings is 1. The summed E-state index contributed by atoms with van der Waals surface area (Å²) in [5.41, 5.74) is 1.37. The van der Waals surface area contributed by atoms with Gasteiger partial charge < -0.3 is 10.2 Å². The quantitative estimate of drug-likeness (QED) is 0.758. The van der Waals surface area contributed by atoms with Gasteiger partial charge in [-0.25, -0.2) is 0 Å². The van der Waals surface area contributed by atoms with Crippen molar-refractivity contribution in [2.75, 3.05) is 0 Å². The lowest BCUT2D eigenvalue weighted by molar-refractivity contribution is -0.145. The minimum atomic E-state index is -1.02. The lowest BCUT2D eigenvalue weighted by Gasteiger charge is -2.14. The van der Waals surface area contributed by atoms with Crippen LogP contribution in [-0.2, 0) is 4.79 Å². The summed E-state index contributed by atoms with van der Waals surface area (Å²) >= 11 is 0. The summed E-state index contributed by atoms with van der Waals surface area (Å²) in [5, 5.41) is 18.3. The van der Waals surface area contributed by atoms with Gasteiger partial charge in [0.2, 0.25) is 0 Å². The maximum absolute atomic E-state index is 10.6. The number of nitrogens with zero attached hydrogens (tertiary/aromatic N) is 1. The molecule has 0 saturated heterocycles. The first-order chi connectivity index (χ1) is 6.52. The minimum Gasteiger partial charge on any atom is -0.481 e. The molecule has 0 aliphatic rings. The second kappa shape index (κ2) is 4.19. The normalized spacial score (nSPS) is 14.8. The van der Waals surface area contributed by atoms with Crippen molar-refractivity contribution in [1.82, 2.24) is 4.98 Å². The minimum absolute atomic E-state index is 0.533. The van der Waals surface area contributed by atoms with E-state index in [1.54, 1.807) is 12.1 Å². The van der Waals surface area contributed by atoms with E-state index in [-0.39, 0.29) is 0 Å². The molecule has 76 valence electrons. The standard InChI is InChI=1S/C10H13NO3/c1-6-3-4-8(5-11-6)9(12)7(2)10(13)14/h3-5,7,9,12H,1-2H3,(H,13,14). The van der Waals surface area contributed by atoms with E-state index in [0.717, 1.165) is 5.69 Å². The van der Waals surface area contributed by atoms with E-state index in [0.29, 0.717) is 5.56 Å². The van der Waals surface area contributed by atoms with E-state index < -0.39 is 18.0 Å². The number of aromatic nitrogens is 1. The summed E-state index contributed by atoms with van der Waals surface area (Å²) in [7, 11) is 0. The SMILES string of the molecule is Cc1ccc(C(O)C(C)C(=O)O)cn1. The first kappa shape index (κ1) is 10.7. The highest BCUT2D eigenvalue weighted by Gasteiger charge is 2.22. The molecule has 1 aromatic heterocycles. The van der Waals surface area contributed by atoms with E-state index >= 15 is 0 Å². The number of aryl methyl sites for hydroxylation is 1. The fraction of sp³-hybridized carbons (Fsp3) is 0.400. The second-order valence-corrected chi connectivity index (χ2v) is 3.30. The molecular formula is C10H13NO3. The molecule has 0 saturated carbocycles. The van der Waals surface area contributed by atoms with Gasteiger partial charge in [0.15, 0.2) is 0 Å². The van der Waals surface area contributed by atoms with Crippen LogP contribution in [0, 0.1) is 12.8 Å². The van der Waals surface area contributed by atoms with E-state index in [9.17, 15) is 9.90 Å². The number of hydrogen-bond donors (Lipinski definition) is 2. The third-order valence-corrected chi connectivity index (χ3v) is 2.14. The molecule has 0 bridgehead atoms. The van der Waals surface area contributed by atoms with E-state index in [1.807, 2.05) is 6.92 Å². The van der Waals surface area contributed by atoms with E-state index in [1.165, 1.54) is 13.1 Å². The van der Waals surface area contributed by atoms with Crippen molar-refractivity contribution in [3.63, 3.8) is 0 Å². The molecule has 0 amide bonds. The van der Waals surface area contributed by atoms with Crippen molar-refractivity contribution in [3.8, 4) is 0 Å². The average molecular weight is 195 g/mol. The number of aliphatic hydroxyl groups is 1. The van der Waals surface area contributed by atoms with Crippen LogP contribution >= 0.6 is 0 Å². The molecule has 0 spiro atoms. The number of carboxylic acids is 1. The molecule has 1 aromatic rings. The lowest BCUT2D eigenvalue weighted by atomic mass is 9.99. The Hall–Kier alpha value is -1.42. The highest BCUT2D eigenvalue weighted by Crippen LogP contribution is 2.21. The molecule has 14 heavy (non-hydrogen) atoms. The maximum atomic E-state index is 10.6. The molecule has 2 unspecified atom stereocenters. The molecule has 2 atom stereocenters. The van der Waals surface area contributed by atoms with Crippen molar-refractivity contribution in [1.29, 1.82) is 0 Å². The maximum Gasteiger partial charge on any atom is 0.309 e. The highest BCUT2D eigenvalue weighted by molar-refractivity contribution is 5.70. The van der Waals surface area contributed by atoms with Crippen molar-refractivity contribution in [2.24, 2.45) is 5.92 Å². The van der Waals surface area contributed by atoms with Crippen LogP contribution in [0.4, 0.5) is 0 Å². The fourth-order valence-electron chi connectivity index (χ4n) is 1.08. The largest absolute Gasteiger partial charge is 0.481 e. The monoisotopic (exact) mass is 195 g/mol. The van der Waals surface area contributed by atoms with E-state index in [2.05, 4.69) is 4.98 Å². The van der Waals surface area contributed by atoms with Gasteiger partial charge in [-0.2, -0.15) is 0 Å². The van der Waals surface area contributed by atoms with E-state index in [4.69, 9.17) is 5.11 Å². The molecule has 0 radical (unpaired) electrons. The third kappa shape index (κ3) is 2.29. The Balaban J connectivity index is 2.84. The molecule has 1 rings (SSSR count). The van der Waals surface area contributed by atoms with Gasteiger partial charge >= 0.3 is 5.97 Å². The summed E-state index contributed by atoms with van der Waals surface area (Å²) in [6, 6.07) is 3.43. The third-order valence-electron chi connectivity index (χ3n) is 2.14. The molecule has 2 N–H and O–H groups in total. The Morgan fingerprint density at radius 2 is 2.14 bits per heavy atom. The topological polar surface area (TPSA) is 70.4 Å². The van der Waals surface area contributed by atoms with Crippen LogP contribution in [0.1, 0.15) is 24.3 Å². The summed E-state index contributed by atoms with van der Waals surface area (Å²) < 4.78 is 0. The predicted octanol–water partition coefficient (Wildman–Crippen LogP) is 1.14. The van der Waals surface area contributed by atoms with Crippen molar-refractivity contribution in [2.45, 2.75) is 20.0 Å². The van der Waals surface area contributed by atoms with Gasteiger partial charge in [0.1, 0.15) is 0 Å². The zero-order valence-corrected chi connectivity index (χ0v) is 8.14. The number of rotatable bonds is 3. The van der Waals surface area contributed by atoms with Crippen LogP contribution in [0.25, 0.3) is 0 Å². The Labute approximate surface area is 82.2 Å². The number of carboxylic acid groups (broad SMARTS) is 1. The fourth-order valence-corrected chi connectivity index (χ4v) is 1.08. The molecule has 4 heteroatoms. The van der Waals surface area contributed by atoms with Crippen molar-refractivity contribution in [3.05, 3.63) is 29.6 Å². The number of aliphatic hydroxyl groups excluding tert-OH is 1. The lowest BCUT2D eigenvalue weighted by Crippen LogP contribution is -2.18. The van der Waals surface area contributed by atoms with Crippen molar-refractivity contribution < 1.29 is 15.0 Å². The van der Waals surface area contributed by atoms with Crippen LogP contribution in [0.2, 0.25) is 0 Å². The zero-order valence-electron chi connectivity index (χ0n) is 8.14. The van der Waals surface area contributed by atoms with Crippen LogP contribution in [0.3, 0.4) is 0 Å². The first-order valence-corrected chi connectivity index (χ1v) is 4.36.